The van der Waals surface area contributed by atoms with Crippen molar-refractivity contribution < 1.29 is 4.74 Å². The van der Waals surface area contributed by atoms with Crippen LogP contribution in [-0.4, -0.2) is 11.6 Å². The highest BCUT2D eigenvalue weighted by molar-refractivity contribution is 5.28. The van der Waals surface area contributed by atoms with Crippen molar-refractivity contribution in [3.05, 3.63) is 59.4 Å². The average Bonchev–Trinajstić information content (AvgIpc) is 2.53. The van der Waals surface area contributed by atoms with Crippen molar-refractivity contribution in [1.82, 2.24) is 4.98 Å². The van der Waals surface area contributed by atoms with Gasteiger partial charge in [-0.25, -0.2) is 0 Å². The predicted molar refractivity (Wildman–Crippen MR) is 87.9 cm³/mol. The number of hydrogen-bond donors (Lipinski definition) is 0. The van der Waals surface area contributed by atoms with Crippen LogP contribution in [0.4, 0.5) is 0 Å². The lowest BCUT2D eigenvalue weighted by molar-refractivity contribution is 0.317. The summed E-state index contributed by atoms with van der Waals surface area (Å²) < 4.78 is 5.60. The highest BCUT2D eigenvalue weighted by atomic mass is 16.5. The summed E-state index contributed by atoms with van der Waals surface area (Å²) in [6, 6.07) is 12.8. The van der Waals surface area contributed by atoms with E-state index in [9.17, 15) is 0 Å². The monoisotopic (exact) mass is 283 g/mol. The fourth-order valence-corrected chi connectivity index (χ4v) is 2.27. The van der Waals surface area contributed by atoms with Crippen molar-refractivity contribution in [2.75, 3.05) is 6.61 Å². The molecule has 21 heavy (non-hydrogen) atoms. The molecule has 0 saturated heterocycles. The van der Waals surface area contributed by atoms with Crippen LogP contribution in [0, 0.1) is 0 Å². The van der Waals surface area contributed by atoms with Gasteiger partial charge in [0.15, 0.2) is 0 Å². The van der Waals surface area contributed by atoms with Crippen LogP contribution in [0.2, 0.25) is 0 Å². The van der Waals surface area contributed by atoms with Crippen molar-refractivity contribution in [2.45, 2.75) is 46.0 Å². The SMILES string of the molecule is CCCOc1ccc(CCc2ccc(CCC)nc2)cc1. The summed E-state index contributed by atoms with van der Waals surface area (Å²) in [4.78, 5) is 4.51. The number of pyridine rings is 1. The molecular weight excluding hydrogens is 258 g/mol. The minimum atomic E-state index is 0.787. The van der Waals surface area contributed by atoms with Crippen LogP contribution in [0.3, 0.4) is 0 Å². The molecule has 0 atom stereocenters. The fraction of sp³-hybridized carbons (Fsp3) is 0.421. The quantitative estimate of drug-likeness (QED) is 0.706. The Kier molecular flexibility index (Phi) is 6.26. The summed E-state index contributed by atoms with van der Waals surface area (Å²) in [7, 11) is 0. The van der Waals surface area contributed by atoms with Crippen molar-refractivity contribution in [3.8, 4) is 5.75 Å². The van der Waals surface area contributed by atoms with Crippen LogP contribution in [0.1, 0.15) is 43.5 Å². The van der Waals surface area contributed by atoms with Crippen LogP contribution in [0.5, 0.6) is 5.75 Å². The maximum Gasteiger partial charge on any atom is 0.119 e. The molecule has 0 aliphatic carbocycles. The van der Waals surface area contributed by atoms with Gasteiger partial charge in [0.05, 0.1) is 6.61 Å². The second-order valence-corrected chi connectivity index (χ2v) is 5.40. The Labute approximate surface area is 128 Å². The molecule has 0 bridgehead atoms. The number of rotatable bonds is 8. The zero-order valence-electron chi connectivity index (χ0n) is 13.1. The smallest absolute Gasteiger partial charge is 0.119 e. The molecule has 1 aromatic heterocycles. The van der Waals surface area contributed by atoms with Gasteiger partial charge in [-0.1, -0.05) is 38.5 Å². The van der Waals surface area contributed by atoms with E-state index in [1.54, 1.807) is 0 Å². The van der Waals surface area contributed by atoms with E-state index in [1.807, 2.05) is 6.20 Å². The van der Waals surface area contributed by atoms with Gasteiger partial charge in [-0.15, -0.1) is 0 Å². The molecule has 1 aromatic carbocycles. The number of hydrogen-bond acceptors (Lipinski definition) is 2. The van der Waals surface area contributed by atoms with Gasteiger partial charge in [0, 0.05) is 11.9 Å². The van der Waals surface area contributed by atoms with Gasteiger partial charge in [0.1, 0.15) is 5.75 Å². The van der Waals surface area contributed by atoms with Gasteiger partial charge in [-0.05, 0) is 55.0 Å². The second-order valence-electron chi connectivity index (χ2n) is 5.40. The third-order valence-electron chi connectivity index (χ3n) is 3.49. The van der Waals surface area contributed by atoms with E-state index in [2.05, 4.69) is 55.2 Å². The first-order valence-electron chi connectivity index (χ1n) is 7.97. The van der Waals surface area contributed by atoms with Gasteiger partial charge >= 0.3 is 0 Å². The molecule has 0 aliphatic heterocycles. The number of nitrogens with zero attached hydrogens (tertiary/aromatic N) is 1. The molecule has 2 heteroatoms. The number of aromatic nitrogens is 1. The third-order valence-corrected chi connectivity index (χ3v) is 3.49. The predicted octanol–water partition coefficient (Wildman–Crippen LogP) is 4.61. The maximum absolute atomic E-state index is 5.60. The van der Waals surface area contributed by atoms with E-state index in [0.29, 0.717) is 0 Å². The first-order chi connectivity index (χ1) is 10.3. The van der Waals surface area contributed by atoms with E-state index in [1.165, 1.54) is 16.8 Å². The van der Waals surface area contributed by atoms with Crippen LogP contribution >= 0.6 is 0 Å². The molecule has 1 heterocycles. The summed E-state index contributed by atoms with van der Waals surface area (Å²) in [5.41, 5.74) is 3.84. The molecule has 112 valence electrons. The van der Waals surface area contributed by atoms with Crippen molar-refractivity contribution in [2.24, 2.45) is 0 Å². The summed E-state index contributed by atoms with van der Waals surface area (Å²) in [5.74, 6) is 0.964. The fourth-order valence-electron chi connectivity index (χ4n) is 2.27. The Morgan fingerprint density at radius 3 is 2.14 bits per heavy atom. The van der Waals surface area contributed by atoms with Crippen molar-refractivity contribution in [1.29, 1.82) is 0 Å². The van der Waals surface area contributed by atoms with Gasteiger partial charge in [0.2, 0.25) is 0 Å². The zero-order valence-corrected chi connectivity index (χ0v) is 13.1. The molecule has 0 fully saturated rings. The van der Waals surface area contributed by atoms with Gasteiger partial charge < -0.3 is 4.74 Å². The molecule has 0 amide bonds. The Hall–Kier alpha value is -1.83. The van der Waals surface area contributed by atoms with Gasteiger partial charge in [-0.2, -0.15) is 0 Å². The lowest BCUT2D eigenvalue weighted by Gasteiger charge is -2.06. The molecular formula is C19H25NO. The summed E-state index contributed by atoms with van der Waals surface area (Å²) in [6.45, 7) is 5.09. The molecule has 0 N–H and O–H groups in total. The molecule has 0 spiro atoms. The van der Waals surface area contributed by atoms with E-state index in [-0.39, 0.29) is 0 Å². The molecule has 2 aromatic rings. The van der Waals surface area contributed by atoms with Gasteiger partial charge in [0.25, 0.3) is 0 Å². The number of aryl methyl sites for hydroxylation is 3. The number of benzene rings is 1. The Morgan fingerprint density at radius 2 is 1.52 bits per heavy atom. The lowest BCUT2D eigenvalue weighted by atomic mass is 10.1. The Balaban J connectivity index is 1.84. The molecule has 0 aliphatic rings. The van der Waals surface area contributed by atoms with E-state index < -0.39 is 0 Å². The standard InChI is InChI=1S/C19H25NO/c1-3-5-18-11-8-17(15-20-18)7-6-16-9-12-19(13-10-16)21-14-4-2/h8-13,15H,3-7,14H2,1-2H3. The highest BCUT2D eigenvalue weighted by Gasteiger charge is 1.99. The summed E-state index contributed by atoms with van der Waals surface area (Å²) in [5, 5.41) is 0. The average molecular weight is 283 g/mol. The van der Waals surface area contributed by atoms with E-state index >= 15 is 0 Å². The zero-order chi connectivity index (χ0) is 14.9. The van der Waals surface area contributed by atoms with Crippen molar-refractivity contribution in [3.63, 3.8) is 0 Å². The number of ether oxygens (including phenoxy) is 1. The van der Waals surface area contributed by atoms with Gasteiger partial charge in [-0.3, -0.25) is 4.98 Å². The molecule has 0 radical (unpaired) electrons. The normalized spacial score (nSPS) is 10.6. The minimum absolute atomic E-state index is 0.787. The Bertz CT molecular complexity index is 516. The third kappa shape index (κ3) is 5.22. The van der Waals surface area contributed by atoms with Crippen molar-refractivity contribution >= 4 is 0 Å². The van der Waals surface area contributed by atoms with E-state index in [4.69, 9.17) is 4.74 Å². The largest absolute Gasteiger partial charge is 0.494 e. The summed E-state index contributed by atoms with van der Waals surface area (Å²) >= 11 is 0. The Morgan fingerprint density at radius 1 is 0.810 bits per heavy atom. The molecule has 2 nitrogen and oxygen atoms in total. The summed E-state index contributed by atoms with van der Waals surface area (Å²) in [6.07, 6.45) is 7.36. The van der Waals surface area contributed by atoms with Crippen LogP contribution in [0.15, 0.2) is 42.6 Å². The molecule has 0 unspecified atom stereocenters. The molecule has 2 rings (SSSR count). The molecule has 0 saturated carbocycles. The lowest BCUT2D eigenvalue weighted by Crippen LogP contribution is -1.96. The first kappa shape index (κ1) is 15.6. The van der Waals surface area contributed by atoms with Crippen LogP contribution in [-0.2, 0) is 19.3 Å². The first-order valence-corrected chi connectivity index (χ1v) is 7.97. The minimum Gasteiger partial charge on any atom is -0.494 e. The van der Waals surface area contributed by atoms with Crippen LogP contribution < -0.4 is 4.74 Å². The second kappa shape index (κ2) is 8.46. The highest BCUT2D eigenvalue weighted by Crippen LogP contribution is 2.14. The topological polar surface area (TPSA) is 22.1 Å². The van der Waals surface area contributed by atoms with Crippen LogP contribution in [0.25, 0.3) is 0 Å². The maximum atomic E-state index is 5.60. The van der Waals surface area contributed by atoms with E-state index in [0.717, 1.165) is 44.5 Å².